The molecule has 1 saturated carbocycles. The van der Waals surface area contributed by atoms with Gasteiger partial charge in [-0.05, 0) is 24.7 Å². The Morgan fingerprint density at radius 1 is 1.38 bits per heavy atom. The number of amides is 1. The highest BCUT2D eigenvalue weighted by Gasteiger charge is 2.24. The molecular formula is C12H21NO3. The van der Waals surface area contributed by atoms with Crippen LogP contribution in [-0.2, 0) is 9.59 Å². The van der Waals surface area contributed by atoms with Gasteiger partial charge >= 0.3 is 5.97 Å². The minimum atomic E-state index is -0.853. The summed E-state index contributed by atoms with van der Waals surface area (Å²) in [4.78, 5) is 23.7. The minimum Gasteiger partial charge on any atom is -0.481 e. The van der Waals surface area contributed by atoms with E-state index < -0.39 is 5.97 Å². The molecule has 0 saturated heterocycles. The number of hydrogen-bond donors (Lipinski definition) is 1. The third kappa shape index (κ3) is 4.21. The first-order chi connectivity index (χ1) is 7.49. The normalized spacial score (nSPS) is 24.4. The van der Waals surface area contributed by atoms with E-state index in [2.05, 4.69) is 6.92 Å². The van der Waals surface area contributed by atoms with Gasteiger partial charge in [-0.1, -0.05) is 13.3 Å². The van der Waals surface area contributed by atoms with E-state index in [0.717, 1.165) is 18.8 Å². The van der Waals surface area contributed by atoms with Crippen molar-refractivity contribution >= 4 is 11.9 Å². The molecule has 1 fully saturated rings. The van der Waals surface area contributed by atoms with Crippen LogP contribution < -0.4 is 0 Å². The molecule has 0 aromatic heterocycles. The Morgan fingerprint density at radius 3 is 2.56 bits per heavy atom. The summed E-state index contributed by atoms with van der Waals surface area (Å²) in [5.41, 5.74) is 0. The number of carboxylic acid groups (broad SMARTS) is 1. The summed E-state index contributed by atoms with van der Waals surface area (Å²) in [6, 6.07) is 0. The lowest BCUT2D eigenvalue weighted by atomic mass is 10.0. The molecule has 0 aliphatic heterocycles. The Kier molecular flexibility index (Phi) is 4.77. The van der Waals surface area contributed by atoms with Crippen molar-refractivity contribution in [2.45, 2.75) is 39.0 Å². The highest BCUT2D eigenvalue weighted by atomic mass is 16.4. The van der Waals surface area contributed by atoms with Gasteiger partial charge in [0.2, 0.25) is 5.91 Å². The quantitative estimate of drug-likeness (QED) is 0.778. The highest BCUT2D eigenvalue weighted by Crippen LogP contribution is 2.32. The minimum absolute atomic E-state index is 0.0311. The van der Waals surface area contributed by atoms with Gasteiger partial charge in [-0.25, -0.2) is 0 Å². The molecular weight excluding hydrogens is 206 g/mol. The van der Waals surface area contributed by atoms with Gasteiger partial charge in [-0.15, -0.1) is 0 Å². The van der Waals surface area contributed by atoms with Crippen molar-refractivity contribution in [1.29, 1.82) is 0 Å². The Morgan fingerprint density at radius 2 is 2.06 bits per heavy atom. The summed E-state index contributed by atoms with van der Waals surface area (Å²) in [6.45, 7) is 2.54. The summed E-state index contributed by atoms with van der Waals surface area (Å²) in [7, 11) is 1.68. The summed E-state index contributed by atoms with van der Waals surface area (Å²) in [5, 5.41) is 8.53. The van der Waals surface area contributed by atoms with Gasteiger partial charge in [0.15, 0.2) is 0 Å². The van der Waals surface area contributed by atoms with Crippen molar-refractivity contribution < 1.29 is 14.7 Å². The van der Waals surface area contributed by atoms with Crippen molar-refractivity contribution in [3.05, 3.63) is 0 Å². The fourth-order valence-electron chi connectivity index (χ4n) is 2.30. The van der Waals surface area contributed by atoms with Crippen LogP contribution in [0, 0.1) is 11.8 Å². The molecule has 4 heteroatoms. The highest BCUT2D eigenvalue weighted by molar-refractivity contribution is 5.77. The number of carbonyl (C=O) groups is 2. The molecule has 0 heterocycles. The maximum atomic E-state index is 11.8. The molecule has 1 aliphatic rings. The number of carbonyl (C=O) groups excluding carboxylic acids is 1. The molecule has 92 valence electrons. The Bertz CT molecular complexity index is 265. The Balaban J connectivity index is 2.26. The first kappa shape index (κ1) is 13.0. The summed E-state index contributed by atoms with van der Waals surface area (Å²) in [5.74, 6) is 0.478. The maximum Gasteiger partial charge on any atom is 0.305 e. The van der Waals surface area contributed by atoms with Gasteiger partial charge in [-0.2, -0.15) is 0 Å². The molecule has 0 radical (unpaired) electrons. The molecule has 2 unspecified atom stereocenters. The van der Waals surface area contributed by atoms with Gasteiger partial charge < -0.3 is 10.0 Å². The van der Waals surface area contributed by atoms with Crippen LogP contribution in [0.1, 0.15) is 39.0 Å². The first-order valence-corrected chi connectivity index (χ1v) is 5.94. The summed E-state index contributed by atoms with van der Waals surface area (Å²) in [6.07, 6.45) is 4.11. The molecule has 1 rings (SSSR count). The van der Waals surface area contributed by atoms with E-state index in [0.29, 0.717) is 18.9 Å². The summed E-state index contributed by atoms with van der Waals surface area (Å²) < 4.78 is 0. The van der Waals surface area contributed by atoms with Gasteiger partial charge in [0.25, 0.3) is 0 Å². The molecule has 0 aromatic rings. The maximum absolute atomic E-state index is 11.8. The number of nitrogens with zero attached hydrogens (tertiary/aromatic N) is 1. The van der Waals surface area contributed by atoms with Crippen LogP contribution in [0.5, 0.6) is 0 Å². The van der Waals surface area contributed by atoms with Crippen LogP contribution in [0.25, 0.3) is 0 Å². The molecule has 0 aromatic carbocycles. The zero-order valence-corrected chi connectivity index (χ0v) is 10.1. The van der Waals surface area contributed by atoms with Crippen LogP contribution in [0.4, 0.5) is 0 Å². The fraction of sp³-hybridized carbons (Fsp3) is 0.833. The third-order valence-corrected chi connectivity index (χ3v) is 3.35. The van der Waals surface area contributed by atoms with Gasteiger partial charge in [0.1, 0.15) is 0 Å². The molecule has 4 nitrogen and oxygen atoms in total. The molecule has 1 aliphatic carbocycles. The van der Waals surface area contributed by atoms with E-state index >= 15 is 0 Å². The molecule has 0 spiro atoms. The standard InChI is InChI=1S/C12H21NO3/c1-9-3-4-10(7-9)8-11(14)13(2)6-5-12(15)16/h9-10H,3-8H2,1-2H3,(H,15,16). The van der Waals surface area contributed by atoms with Crippen molar-refractivity contribution in [2.75, 3.05) is 13.6 Å². The lowest BCUT2D eigenvalue weighted by Gasteiger charge is -2.18. The van der Waals surface area contributed by atoms with E-state index in [1.165, 1.54) is 11.3 Å². The lowest BCUT2D eigenvalue weighted by Crippen LogP contribution is -2.30. The number of aliphatic carboxylic acids is 1. The van der Waals surface area contributed by atoms with E-state index in [4.69, 9.17) is 5.11 Å². The average molecular weight is 227 g/mol. The second kappa shape index (κ2) is 5.87. The predicted octanol–water partition coefficient (Wildman–Crippen LogP) is 1.75. The second-order valence-corrected chi connectivity index (χ2v) is 4.95. The van der Waals surface area contributed by atoms with E-state index in [-0.39, 0.29) is 12.3 Å². The van der Waals surface area contributed by atoms with Gasteiger partial charge in [0.05, 0.1) is 6.42 Å². The van der Waals surface area contributed by atoms with Crippen molar-refractivity contribution in [2.24, 2.45) is 11.8 Å². The SMILES string of the molecule is CC1CCC(CC(=O)N(C)CCC(=O)O)C1. The summed E-state index contributed by atoms with van der Waals surface area (Å²) >= 11 is 0. The monoisotopic (exact) mass is 227 g/mol. The number of hydrogen-bond acceptors (Lipinski definition) is 2. The van der Waals surface area contributed by atoms with E-state index in [9.17, 15) is 9.59 Å². The average Bonchev–Trinajstić information content (AvgIpc) is 2.60. The number of carboxylic acids is 1. The van der Waals surface area contributed by atoms with Crippen LogP contribution in [0.15, 0.2) is 0 Å². The molecule has 2 atom stereocenters. The molecule has 16 heavy (non-hydrogen) atoms. The first-order valence-electron chi connectivity index (χ1n) is 5.94. The zero-order chi connectivity index (χ0) is 12.1. The molecule has 1 N–H and O–H groups in total. The lowest BCUT2D eigenvalue weighted by molar-refractivity contribution is -0.138. The fourth-order valence-corrected chi connectivity index (χ4v) is 2.30. The van der Waals surface area contributed by atoms with Crippen LogP contribution in [-0.4, -0.2) is 35.5 Å². The third-order valence-electron chi connectivity index (χ3n) is 3.35. The van der Waals surface area contributed by atoms with Crippen molar-refractivity contribution in [1.82, 2.24) is 4.90 Å². The topological polar surface area (TPSA) is 57.6 Å². The van der Waals surface area contributed by atoms with Gasteiger partial charge in [-0.3, -0.25) is 9.59 Å². The largest absolute Gasteiger partial charge is 0.481 e. The Labute approximate surface area is 96.6 Å². The van der Waals surface area contributed by atoms with Crippen molar-refractivity contribution in [3.63, 3.8) is 0 Å². The second-order valence-electron chi connectivity index (χ2n) is 4.95. The van der Waals surface area contributed by atoms with E-state index in [1.54, 1.807) is 7.05 Å². The number of rotatable bonds is 5. The van der Waals surface area contributed by atoms with Crippen LogP contribution in [0.3, 0.4) is 0 Å². The molecule has 1 amide bonds. The van der Waals surface area contributed by atoms with Crippen LogP contribution in [0.2, 0.25) is 0 Å². The van der Waals surface area contributed by atoms with Gasteiger partial charge in [0, 0.05) is 20.0 Å². The van der Waals surface area contributed by atoms with Crippen LogP contribution >= 0.6 is 0 Å². The smallest absolute Gasteiger partial charge is 0.305 e. The Hall–Kier alpha value is -1.06. The van der Waals surface area contributed by atoms with Crippen molar-refractivity contribution in [3.8, 4) is 0 Å². The predicted molar refractivity (Wildman–Crippen MR) is 61.0 cm³/mol. The van der Waals surface area contributed by atoms with E-state index in [1.807, 2.05) is 0 Å². The zero-order valence-electron chi connectivity index (χ0n) is 10.1. The molecule has 0 bridgehead atoms.